The van der Waals surface area contributed by atoms with E-state index in [1.54, 1.807) is 24.3 Å². The van der Waals surface area contributed by atoms with Gasteiger partial charge in [0, 0.05) is 11.5 Å². The Morgan fingerprint density at radius 3 is 1.24 bits per heavy atom. The van der Waals surface area contributed by atoms with Crippen molar-refractivity contribution in [3.8, 4) is 0 Å². The molecule has 0 unspecified atom stereocenters. The van der Waals surface area contributed by atoms with Crippen molar-refractivity contribution in [1.82, 2.24) is 0 Å². The highest BCUT2D eigenvalue weighted by molar-refractivity contribution is 8.00. The van der Waals surface area contributed by atoms with E-state index in [0.29, 0.717) is 0 Å². The minimum atomic E-state index is -0.235. The molecule has 0 N–H and O–H groups in total. The molecule has 0 nitrogen and oxygen atoms in total. The fraction of sp³-hybridized carbons (Fsp3) is 0.0667. The molecular formula is C30H24F2S. The van der Waals surface area contributed by atoms with Crippen molar-refractivity contribution in [3.05, 3.63) is 143 Å². The average molecular weight is 455 g/mol. The largest absolute Gasteiger partial charge is 0.207 e. The van der Waals surface area contributed by atoms with Crippen LogP contribution < -0.4 is 0 Å². The first-order valence-electron chi connectivity index (χ1n) is 10.8. The van der Waals surface area contributed by atoms with Gasteiger partial charge in [0.2, 0.25) is 0 Å². The molecule has 0 atom stereocenters. The Labute approximate surface area is 198 Å². The van der Waals surface area contributed by atoms with Crippen molar-refractivity contribution < 1.29 is 8.78 Å². The number of hydrogen-bond donors (Lipinski definition) is 0. The summed E-state index contributed by atoms with van der Waals surface area (Å²) in [6.45, 7) is 0. The molecule has 0 saturated heterocycles. The Hall–Kier alpha value is -3.43. The molecule has 0 saturated carbocycles. The lowest BCUT2D eigenvalue weighted by Crippen LogP contribution is -1.94. The molecule has 0 aliphatic rings. The Kier molecular flexibility index (Phi) is 7.89. The van der Waals surface area contributed by atoms with E-state index in [4.69, 9.17) is 0 Å². The summed E-state index contributed by atoms with van der Waals surface area (Å²) in [6, 6.07) is 33.7. The van der Waals surface area contributed by atoms with Gasteiger partial charge in [0.1, 0.15) is 11.6 Å². The molecule has 33 heavy (non-hydrogen) atoms. The molecular weight excluding hydrogens is 430 g/mol. The molecule has 0 fully saturated rings. The zero-order valence-corrected chi connectivity index (χ0v) is 18.9. The molecule has 0 amide bonds. The fourth-order valence-electron chi connectivity index (χ4n) is 3.51. The van der Waals surface area contributed by atoms with E-state index in [1.165, 1.54) is 35.4 Å². The van der Waals surface area contributed by atoms with Crippen LogP contribution in [0.3, 0.4) is 0 Å². The van der Waals surface area contributed by atoms with Gasteiger partial charge in [-0.05, 0) is 57.7 Å². The highest BCUT2D eigenvalue weighted by Gasteiger charge is 2.07. The summed E-state index contributed by atoms with van der Waals surface area (Å²) < 4.78 is 26.7. The van der Waals surface area contributed by atoms with Crippen molar-refractivity contribution in [2.45, 2.75) is 0 Å². The second-order valence-electron chi connectivity index (χ2n) is 7.67. The average Bonchev–Trinajstić information content (AvgIpc) is 2.86. The standard InChI is InChI=1S/C30H24F2S/c31-29-15-11-23(12-16-29)19-27(25-7-3-1-4-8-25)21-33-22-28(26-9-5-2-6-10-26)20-24-13-17-30(32)18-14-24/h1-20H,21-22H2. The van der Waals surface area contributed by atoms with Crippen LogP contribution >= 0.6 is 11.8 Å². The number of thioether (sulfide) groups is 1. The topological polar surface area (TPSA) is 0 Å². The minimum Gasteiger partial charge on any atom is -0.207 e. The lowest BCUT2D eigenvalue weighted by Gasteiger charge is -2.12. The molecule has 0 heterocycles. The highest BCUT2D eigenvalue weighted by Crippen LogP contribution is 2.28. The van der Waals surface area contributed by atoms with Gasteiger partial charge in [-0.2, -0.15) is 11.8 Å². The molecule has 0 bridgehead atoms. The predicted octanol–water partition coefficient (Wildman–Crippen LogP) is 8.48. The summed E-state index contributed by atoms with van der Waals surface area (Å²) >= 11 is 1.82. The first-order valence-corrected chi connectivity index (χ1v) is 11.9. The number of halogens is 2. The van der Waals surface area contributed by atoms with Crippen molar-refractivity contribution in [1.29, 1.82) is 0 Å². The van der Waals surface area contributed by atoms with Gasteiger partial charge in [-0.15, -0.1) is 0 Å². The Balaban J connectivity index is 1.56. The van der Waals surface area contributed by atoms with Gasteiger partial charge in [-0.25, -0.2) is 8.78 Å². The first-order chi connectivity index (χ1) is 16.2. The van der Waals surface area contributed by atoms with E-state index >= 15 is 0 Å². The Bertz CT molecular complexity index is 1110. The van der Waals surface area contributed by atoms with E-state index in [0.717, 1.165) is 33.8 Å². The minimum absolute atomic E-state index is 0.235. The molecule has 4 aromatic carbocycles. The van der Waals surface area contributed by atoms with Gasteiger partial charge in [0.15, 0.2) is 0 Å². The SMILES string of the molecule is Fc1ccc(C=C(CSCC(=Cc2ccc(F)cc2)c2ccccc2)c2ccccc2)cc1. The van der Waals surface area contributed by atoms with E-state index in [9.17, 15) is 8.78 Å². The molecule has 4 rings (SSSR count). The van der Waals surface area contributed by atoms with Crippen LogP contribution in [-0.4, -0.2) is 11.5 Å². The monoisotopic (exact) mass is 454 g/mol. The summed E-state index contributed by atoms with van der Waals surface area (Å²) in [5.41, 5.74) is 6.61. The fourth-order valence-corrected chi connectivity index (χ4v) is 4.55. The van der Waals surface area contributed by atoms with Crippen molar-refractivity contribution in [2.75, 3.05) is 11.5 Å². The molecule has 4 aromatic rings. The maximum atomic E-state index is 13.3. The van der Waals surface area contributed by atoms with Crippen LogP contribution in [0.5, 0.6) is 0 Å². The van der Waals surface area contributed by atoms with Crippen molar-refractivity contribution >= 4 is 35.1 Å². The third-order valence-electron chi connectivity index (χ3n) is 5.23. The predicted molar refractivity (Wildman–Crippen MR) is 139 cm³/mol. The van der Waals surface area contributed by atoms with Crippen LogP contribution in [-0.2, 0) is 0 Å². The Morgan fingerprint density at radius 1 is 0.515 bits per heavy atom. The van der Waals surface area contributed by atoms with E-state index in [1.807, 2.05) is 48.2 Å². The Morgan fingerprint density at radius 2 is 0.879 bits per heavy atom. The molecule has 0 aromatic heterocycles. The molecule has 0 spiro atoms. The van der Waals surface area contributed by atoms with Crippen molar-refractivity contribution in [3.63, 3.8) is 0 Å². The summed E-state index contributed by atoms with van der Waals surface area (Å²) in [5.74, 6) is 1.13. The summed E-state index contributed by atoms with van der Waals surface area (Å²) in [4.78, 5) is 0. The third-order valence-corrected chi connectivity index (χ3v) is 6.26. The van der Waals surface area contributed by atoms with Crippen LogP contribution in [0.1, 0.15) is 22.3 Å². The smallest absolute Gasteiger partial charge is 0.123 e. The third kappa shape index (κ3) is 6.77. The lowest BCUT2D eigenvalue weighted by molar-refractivity contribution is 0.627. The summed E-state index contributed by atoms with van der Waals surface area (Å²) in [7, 11) is 0. The van der Waals surface area contributed by atoms with Crippen LogP contribution in [0.15, 0.2) is 109 Å². The normalized spacial score (nSPS) is 12.1. The van der Waals surface area contributed by atoms with Gasteiger partial charge in [0.25, 0.3) is 0 Å². The van der Waals surface area contributed by atoms with Gasteiger partial charge in [0.05, 0.1) is 0 Å². The van der Waals surface area contributed by atoms with Crippen LogP contribution in [0.2, 0.25) is 0 Å². The van der Waals surface area contributed by atoms with Gasteiger partial charge in [-0.1, -0.05) is 97.1 Å². The zero-order valence-electron chi connectivity index (χ0n) is 18.1. The second kappa shape index (κ2) is 11.4. The maximum absolute atomic E-state index is 13.3. The van der Waals surface area contributed by atoms with E-state index < -0.39 is 0 Å². The number of benzene rings is 4. The van der Waals surface area contributed by atoms with Crippen LogP contribution in [0.25, 0.3) is 23.3 Å². The van der Waals surface area contributed by atoms with E-state index in [-0.39, 0.29) is 11.6 Å². The highest BCUT2D eigenvalue weighted by atomic mass is 32.2. The van der Waals surface area contributed by atoms with Crippen LogP contribution in [0, 0.1) is 11.6 Å². The van der Waals surface area contributed by atoms with Gasteiger partial charge < -0.3 is 0 Å². The van der Waals surface area contributed by atoms with Gasteiger partial charge >= 0.3 is 0 Å². The second-order valence-corrected chi connectivity index (χ2v) is 8.65. The summed E-state index contributed by atoms with van der Waals surface area (Å²) in [5, 5.41) is 0. The van der Waals surface area contributed by atoms with Crippen molar-refractivity contribution in [2.24, 2.45) is 0 Å². The molecule has 0 aliphatic carbocycles. The molecule has 164 valence electrons. The lowest BCUT2D eigenvalue weighted by atomic mass is 10.0. The zero-order chi connectivity index (χ0) is 22.9. The molecule has 0 radical (unpaired) electrons. The quantitative estimate of drug-likeness (QED) is 0.241. The molecule has 3 heteroatoms. The number of rotatable bonds is 8. The van der Waals surface area contributed by atoms with E-state index in [2.05, 4.69) is 36.4 Å². The summed E-state index contributed by atoms with van der Waals surface area (Å²) in [6.07, 6.45) is 4.24. The maximum Gasteiger partial charge on any atom is 0.123 e. The molecule has 0 aliphatic heterocycles. The van der Waals surface area contributed by atoms with Gasteiger partial charge in [-0.3, -0.25) is 0 Å². The first kappa shape index (κ1) is 22.8. The number of hydrogen-bond acceptors (Lipinski definition) is 1. The van der Waals surface area contributed by atoms with Crippen LogP contribution in [0.4, 0.5) is 8.78 Å².